The molecule has 0 fully saturated rings. The van der Waals surface area contributed by atoms with Crippen LogP contribution in [0.2, 0.25) is 5.02 Å². The van der Waals surface area contributed by atoms with Crippen LogP contribution in [0.15, 0.2) is 18.2 Å². The smallest absolute Gasteiger partial charge is 0.143 e. The minimum atomic E-state index is -0.411. The number of nitrogens with one attached hydrogen (secondary N) is 1. The molecule has 1 N–H and O–H groups in total. The molecular weight excluding hydrogens is 229 g/mol. The monoisotopic (exact) mass is 245 g/mol. The lowest BCUT2D eigenvalue weighted by Gasteiger charge is -2.22. The first-order valence-electron chi connectivity index (χ1n) is 5.25. The van der Waals surface area contributed by atoms with Crippen molar-refractivity contribution >= 4 is 17.3 Å². The number of ether oxygens (including phenoxy) is 1. The van der Waals surface area contributed by atoms with Crippen LogP contribution in [0, 0.1) is 11.7 Å². The molecular formula is C12H17ClFNO. The van der Waals surface area contributed by atoms with Crippen LogP contribution in [-0.4, -0.2) is 19.8 Å². The van der Waals surface area contributed by atoms with Crippen molar-refractivity contribution in [1.82, 2.24) is 0 Å². The molecule has 0 aromatic heterocycles. The number of methoxy groups -OCH3 is 1. The molecule has 0 aliphatic rings. The maximum absolute atomic E-state index is 13.2. The summed E-state index contributed by atoms with van der Waals surface area (Å²) in [5.74, 6) is -0.00900. The Morgan fingerprint density at radius 3 is 2.62 bits per heavy atom. The van der Waals surface area contributed by atoms with Crippen LogP contribution in [0.4, 0.5) is 10.1 Å². The van der Waals surface area contributed by atoms with Crippen LogP contribution >= 0.6 is 11.6 Å². The highest BCUT2D eigenvalue weighted by Crippen LogP contribution is 2.20. The molecule has 0 bridgehead atoms. The molecule has 0 aliphatic heterocycles. The van der Waals surface area contributed by atoms with Crippen LogP contribution in [0.3, 0.4) is 0 Å². The van der Waals surface area contributed by atoms with Crippen molar-refractivity contribution in [3.8, 4) is 0 Å². The standard InChI is InChI=1S/C12H17ClFNO/c1-8(2)12(7-16-3)15-9-4-5-10(13)11(14)6-9/h4-6,8,12,15H,7H2,1-3H3. The van der Waals surface area contributed by atoms with Crippen molar-refractivity contribution in [2.45, 2.75) is 19.9 Å². The van der Waals surface area contributed by atoms with Gasteiger partial charge < -0.3 is 10.1 Å². The zero-order chi connectivity index (χ0) is 12.1. The zero-order valence-corrected chi connectivity index (χ0v) is 10.5. The van der Waals surface area contributed by atoms with Crippen molar-refractivity contribution in [3.05, 3.63) is 29.0 Å². The van der Waals surface area contributed by atoms with E-state index in [1.807, 2.05) is 0 Å². The maximum atomic E-state index is 13.2. The Balaban J connectivity index is 2.73. The molecule has 2 nitrogen and oxygen atoms in total. The molecule has 0 heterocycles. The summed E-state index contributed by atoms with van der Waals surface area (Å²) in [5, 5.41) is 3.36. The minimum absolute atomic E-state index is 0.137. The van der Waals surface area contributed by atoms with Crippen molar-refractivity contribution < 1.29 is 9.13 Å². The lowest BCUT2D eigenvalue weighted by atomic mass is 10.1. The van der Waals surface area contributed by atoms with E-state index in [0.717, 1.165) is 5.69 Å². The van der Waals surface area contributed by atoms with Gasteiger partial charge in [0, 0.05) is 12.8 Å². The Labute approximate surface area is 101 Å². The number of rotatable bonds is 5. The number of benzene rings is 1. The number of anilines is 1. The van der Waals surface area contributed by atoms with Crippen molar-refractivity contribution in [1.29, 1.82) is 0 Å². The molecule has 1 rings (SSSR count). The molecule has 1 unspecified atom stereocenters. The molecule has 0 radical (unpaired) electrons. The zero-order valence-electron chi connectivity index (χ0n) is 9.76. The van der Waals surface area contributed by atoms with Gasteiger partial charge in [0.1, 0.15) is 5.82 Å². The third-order valence-electron chi connectivity index (χ3n) is 2.42. The Morgan fingerprint density at radius 2 is 2.12 bits per heavy atom. The minimum Gasteiger partial charge on any atom is -0.383 e. The molecule has 1 atom stereocenters. The van der Waals surface area contributed by atoms with E-state index in [1.165, 1.54) is 6.07 Å². The van der Waals surface area contributed by atoms with Gasteiger partial charge in [-0.15, -0.1) is 0 Å². The van der Waals surface area contributed by atoms with Crippen molar-refractivity contribution in [2.75, 3.05) is 19.0 Å². The first kappa shape index (κ1) is 13.3. The Bertz CT molecular complexity index is 344. The largest absolute Gasteiger partial charge is 0.383 e. The SMILES string of the molecule is COCC(Nc1ccc(Cl)c(F)c1)C(C)C. The van der Waals surface area contributed by atoms with Crippen LogP contribution in [0.5, 0.6) is 0 Å². The molecule has 0 saturated heterocycles. The van der Waals surface area contributed by atoms with Gasteiger partial charge in [0.05, 0.1) is 17.7 Å². The summed E-state index contributed by atoms with van der Waals surface area (Å²) in [6.45, 7) is 4.76. The second-order valence-electron chi connectivity index (χ2n) is 4.08. The number of hydrogen-bond donors (Lipinski definition) is 1. The number of hydrogen-bond acceptors (Lipinski definition) is 2. The molecule has 0 saturated carbocycles. The van der Waals surface area contributed by atoms with Gasteiger partial charge >= 0.3 is 0 Å². The molecule has 0 spiro atoms. The van der Waals surface area contributed by atoms with Crippen LogP contribution in [-0.2, 0) is 4.74 Å². The van der Waals surface area contributed by atoms with Gasteiger partial charge in [-0.25, -0.2) is 4.39 Å². The van der Waals surface area contributed by atoms with E-state index < -0.39 is 5.82 Å². The average Bonchev–Trinajstić information content (AvgIpc) is 2.22. The second-order valence-corrected chi connectivity index (χ2v) is 4.49. The maximum Gasteiger partial charge on any atom is 0.143 e. The third-order valence-corrected chi connectivity index (χ3v) is 2.73. The summed E-state index contributed by atoms with van der Waals surface area (Å²) >= 11 is 5.61. The van der Waals surface area contributed by atoms with Crippen molar-refractivity contribution in [2.24, 2.45) is 5.92 Å². The van der Waals surface area contributed by atoms with E-state index >= 15 is 0 Å². The second kappa shape index (κ2) is 6.06. The summed E-state index contributed by atoms with van der Waals surface area (Å²) in [4.78, 5) is 0. The van der Waals surface area contributed by atoms with Gasteiger partial charge in [-0.2, -0.15) is 0 Å². The van der Waals surface area contributed by atoms with Crippen LogP contribution in [0.1, 0.15) is 13.8 Å². The highest BCUT2D eigenvalue weighted by molar-refractivity contribution is 6.30. The predicted molar refractivity (Wildman–Crippen MR) is 65.5 cm³/mol. The molecule has 0 aliphatic carbocycles. The van der Waals surface area contributed by atoms with Crippen LogP contribution < -0.4 is 5.32 Å². The van der Waals surface area contributed by atoms with Crippen molar-refractivity contribution in [3.63, 3.8) is 0 Å². The lowest BCUT2D eigenvalue weighted by molar-refractivity contribution is 0.171. The number of halogens is 2. The fraction of sp³-hybridized carbons (Fsp3) is 0.500. The van der Waals surface area contributed by atoms with Gasteiger partial charge in [-0.3, -0.25) is 0 Å². The lowest BCUT2D eigenvalue weighted by Crippen LogP contribution is -2.30. The van der Waals surface area contributed by atoms with E-state index in [2.05, 4.69) is 19.2 Å². The summed E-state index contributed by atoms with van der Waals surface area (Å²) in [6.07, 6.45) is 0. The normalized spacial score (nSPS) is 12.9. The van der Waals surface area contributed by atoms with E-state index in [9.17, 15) is 4.39 Å². The summed E-state index contributed by atoms with van der Waals surface area (Å²) in [6, 6.07) is 4.86. The van der Waals surface area contributed by atoms with Gasteiger partial charge in [0.25, 0.3) is 0 Å². The molecule has 16 heavy (non-hydrogen) atoms. The summed E-state index contributed by atoms with van der Waals surface area (Å²) < 4.78 is 18.3. The molecule has 1 aromatic rings. The van der Waals surface area contributed by atoms with E-state index in [4.69, 9.17) is 16.3 Å². The highest BCUT2D eigenvalue weighted by Gasteiger charge is 2.13. The fourth-order valence-corrected chi connectivity index (χ4v) is 1.50. The molecule has 4 heteroatoms. The first-order valence-corrected chi connectivity index (χ1v) is 5.63. The average molecular weight is 246 g/mol. The van der Waals surface area contributed by atoms with Crippen LogP contribution in [0.25, 0.3) is 0 Å². The summed E-state index contributed by atoms with van der Waals surface area (Å²) in [7, 11) is 1.65. The van der Waals surface area contributed by atoms with E-state index in [0.29, 0.717) is 12.5 Å². The third kappa shape index (κ3) is 3.65. The molecule has 90 valence electrons. The quantitative estimate of drug-likeness (QED) is 0.857. The molecule has 1 aromatic carbocycles. The van der Waals surface area contributed by atoms with E-state index in [-0.39, 0.29) is 11.1 Å². The molecule has 0 amide bonds. The predicted octanol–water partition coefficient (Wildman–Crippen LogP) is 3.56. The van der Waals surface area contributed by atoms with Gasteiger partial charge in [-0.1, -0.05) is 25.4 Å². The summed E-state index contributed by atoms with van der Waals surface area (Å²) in [5.41, 5.74) is 0.720. The highest BCUT2D eigenvalue weighted by atomic mass is 35.5. The topological polar surface area (TPSA) is 21.3 Å². The Hall–Kier alpha value is -0.800. The first-order chi connectivity index (χ1) is 7.54. The fourth-order valence-electron chi connectivity index (χ4n) is 1.38. The van der Waals surface area contributed by atoms with E-state index in [1.54, 1.807) is 19.2 Å². The van der Waals surface area contributed by atoms with Gasteiger partial charge in [0.2, 0.25) is 0 Å². The Kier molecular flexibility index (Phi) is 5.03. The van der Waals surface area contributed by atoms with Gasteiger partial charge in [0.15, 0.2) is 0 Å². The van der Waals surface area contributed by atoms with Gasteiger partial charge in [-0.05, 0) is 24.1 Å². The Morgan fingerprint density at radius 1 is 1.44 bits per heavy atom.